The molecule has 6 heteroatoms. The lowest BCUT2D eigenvalue weighted by molar-refractivity contribution is 0.0751. The zero-order valence-corrected chi connectivity index (χ0v) is 18.4. The molecule has 0 spiro atoms. The van der Waals surface area contributed by atoms with E-state index in [1.807, 2.05) is 54.6 Å². The van der Waals surface area contributed by atoms with Crippen LogP contribution in [0.1, 0.15) is 41.1 Å². The smallest absolute Gasteiger partial charge is 0.124 e. The lowest BCUT2D eigenvalue weighted by Gasteiger charge is -2.39. The van der Waals surface area contributed by atoms with Crippen LogP contribution in [0.4, 0.5) is 0 Å². The maximum Gasteiger partial charge on any atom is 0.124 e. The molecular weight excluding hydrogens is 416 g/mol. The molecule has 33 heavy (non-hydrogen) atoms. The summed E-state index contributed by atoms with van der Waals surface area (Å²) in [6.07, 6.45) is 0.562. The predicted molar refractivity (Wildman–Crippen MR) is 126 cm³/mol. The molecule has 2 aliphatic rings. The maximum absolute atomic E-state index is 10.1. The summed E-state index contributed by atoms with van der Waals surface area (Å²) in [7, 11) is 0. The maximum atomic E-state index is 10.1. The van der Waals surface area contributed by atoms with Crippen LogP contribution in [-0.2, 0) is 4.74 Å². The van der Waals surface area contributed by atoms with Crippen LogP contribution in [0.15, 0.2) is 84.0 Å². The van der Waals surface area contributed by atoms with E-state index in [1.165, 1.54) is 0 Å². The Kier molecular flexibility index (Phi) is 6.56. The second kappa shape index (κ2) is 10.1. The van der Waals surface area contributed by atoms with Gasteiger partial charge < -0.3 is 24.7 Å². The summed E-state index contributed by atoms with van der Waals surface area (Å²) in [5.41, 5.74) is 3.87. The van der Waals surface area contributed by atoms with Gasteiger partial charge in [0, 0.05) is 35.5 Å². The summed E-state index contributed by atoms with van der Waals surface area (Å²) in [5.74, 6) is 1.47. The van der Waals surface area contributed by atoms with Gasteiger partial charge in [0.25, 0.3) is 0 Å². The van der Waals surface area contributed by atoms with Gasteiger partial charge in [-0.3, -0.25) is 0 Å². The fourth-order valence-corrected chi connectivity index (χ4v) is 4.81. The first-order valence-corrected chi connectivity index (χ1v) is 11.4. The van der Waals surface area contributed by atoms with Gasteiger partial charge in [-0.2, -0.15) is 0 Å². The van der Waals surface area contributed by atoms with Gasteiger partial charge in [0.1, 0.15) is 24.7 Å². The Morgan fingerprint density at radius 2 is 1.33 bits per heavy atom. The molecular formula is C27H28N2O4. The van der Waals surface area contributed by atoms with Gasteiger partial charge in [0.05, 0.1) is 18.9 Å². The lowest BCUT2D eigenvalue weighted by Crippen LogP contribution is -2.41. The summed E-state index contributed by atoms with van der Waals surface area (Å²) < 4.78 is 17.9. The Morgan fingerprint density at radius 3 is 2.03 bits per heavy atom. The Hall–Kier alpha value is -3.35. The Balaban J connectivity index is 1.64. The number of hydrogen-bond donors (Lipinski definition) is 2. The fraction of sp³-hybridized carbons (Fsp3) is 0.296. The van der Waals surface area contributed by atoms with E-state index in [0.717, 1.165) is 33.9 Å². The number of hydrogen-bond acceptors (Lipinski definition) is 6. The fourth-order valence-electron chi connectivity index (χ4n) is 4.81. The highest BCUT2D eigenvalue weighted by Crippen LogP contribution is 2.45. The highest BCUT2D eigenvalue weighted by molar-refractivity contribution is 5.93. The number of rotatable bonds is 1. The number of fused-ring (bicyclic) bond motifs is 6. The van der Waals surface area contributed by atoms with Gasteiger partial charge in [-0.15, -0.1) is 0 Å². The molecule has 3 aromatic carbocycles. The van der Waals surface area contributed by atoms with Crippen LogP contribution in [0.3, 0.4) is 0 Å². The monoisotopic (exact) mass is 444 g/mol. The van der Waals surface area contributed by atoms with Crippen LogP contribution >= 0.6 is 0 Å². The minimum atomic E-state index is -0.162. The number of benzene rings is 3. The molecule has 2 heterocycles. The van der Waals surface area contributed by atoms with E-state index in [-0.39, 0.29) is 18.0 Å². The lowest BCUT2D eigenvalue weighted by atomic mass is 9.76. The first kappa shape index (κ1) is 21.5. The summed E-state index contributed by atoms with van der Waals surface area (Å²) in [6.45, 7) is 1.86. The van der Waals surface area contributed by atoms with Crippen molar-refractivity contribution in [3.63, 3.8) is 0 Å². The van der Waals surface area contributed by atoms with Crippen molar-refractivity contribution in [3.05, 3.63) is 95.6 Å². The number of para-hydroxylation sites is 2. The molecule has 0 saturated carbocycles. The topological polar surface area (TPSA) is 72.3 Å². The Morgan fingerprint density at radius 1 is 0.727 bits per heavy atom. The second-order valence-corrected chi connectivity index (χ2v) is 8.27. The molecule has 0 aromatic heterocycles. The van der Waals surface area contributed by atoms with Crippen molar-refractivity contribution in [1.82, 2.24) is 5.32 Å². The Bertz CT molecular complexity index is 1100. The molecule has 3 atom stereocenters. The number of nitrogens with one attached hydrogen (secondary N) is 1. The number of nitrogens with zero attached hydrogens (tertiary/aromatic N) is 1. The van der Waals surface area contributed by atoms with Crippen molar-refractivity contribution in [1.29, 1.82) is 0 Å². The van der Waals surface area contributed by atoms with Crippen molar-refractivity contribution in [2.24, 2.45) is 5.16 Å². The van der Waals surface area contributed by atoms with E-state index in [4.69, 9.17) is 14.2 Å². The molecule has 2 N–H and O–H groups in total. The van der Waals surface area contributed by atoms with Gasteiger partial charge in [0.2, 0.25) is 0 Å². The number of oxime groups is 1. The largest absolute Gasteiger partial charge is 0.491 e. The minimum Gasteiger partial charge on any atom is -0.491 e. The molecule has 0 amide bonds. The third kappa shape index (κ3) is 4.58. The van der Waals surface area contributed by atoms with Gasteiger partial charge in [-0.05, 0) is 17.7 Å². The molecule has 2 aliphatic heterocycles. The van der Waals surface area contributed by atoms with E-state index in [0.29, 0.717) is 32.8 Å². The zero-order chi connectivity index (χ0) is 22.5. The average molecular weight is 445 g/mol. The summed E-state index contributed by atoms with van der Waals surface area (Å²) in [5, 5.41) is 17.8. The molecule has 170 valence electrons. The highest BCUT2D eigenvalue weighted by atomic mass is 16.5. The van der Waals surface area contributed by atoms with Gasteiger partial charge in [-0.25, -0.2) is 0 Å². The first-order valence-electron chi connectivity index (χ1n) is 11.4. The third-order valence-electron chi connectivity index (χ3n) is 6.29. The average Bonchev–Trinajstić information content (AvgIpc) is 2.88. The molecule has 6 nitrogen and oxygen atoms in total. The normalized spacial score (nSPS) is 24.5. The van der Waals surface area contributed by atoms with Crippen molar-refractivity contribution < 1.29 is 19.4 Å². The van der Waals surface area contributed by atoms with Gasteiger partial charge in [0.15, 0.2) is 0 Å². The number of piperidine rings is 1. The summed E-state index contributed by atoms with van der Waals surface area (Å²) in [6, 6.07) is 26.0. The van der Waals surface area contributed by atoms with E-state index < -0.39 is 0 Å². The van der Waals surface area contributed by atoms with Crippen LogP contribution in [-0.4, -0.2) is 37.3 Å². The van der Waals surface area contributed by atoms with E-state index in [1.54, 1.807) is 0 Å². The third-order valence-corrected chi connectivity index (χ3v) is 6.29. The molecule has 1 saturated heterocycles. The van der Waals surface area contributed by atoms with Crippen LogP contribution < -0.4 is 14.8 Å². The zero-order valence-electron chi connectivity index (χ0n) is 18.4. The van der Waals surface area contributed by atoms with E-state index >= 15 is 0 Å². The molecule has 3 unspecified atom stereocenters. The SMILES string of the molecule is ON=C1CC2NC(c3ccccc3OCCOCCOc3ccccc32)C1c1ccccc1. The highest BCUT2D eigenvalue weighted by Gasteiger charge is 2.39. The quantitative estimate of drug-likeness (QED) is 0.414. The van der Waals surface area contributed by atoms with Crippen LogP contribution in [0, 0.1) is 0 Å². The molecule has 0 radical (unpaired) electrons. The van der Waals surface area contributed by atoms with Crippen molar-refractivity contribution >= 4 is 5.71 Å². The van der Waals surface area contributed by atoms with E-state index in [9.17, 15) is 5.21 Å². The number of ether oxygens (including phenoxy) is 3. The molecule has 1 fully saturated rings. The minimum absolute atomic E-state index is 0.0889. The van der Waals surface area contributed by atoms with Crippen LogP contribution in [0.25, 0.3) is 0 Å². The molecule has 2 bridgehead atoms. The van der Waals surface area contributed by atoms with Gasteiger partial charge in [-0.1, -0.05) is 71.9 Å². The van der Waals surface area contributed by atoms with Crippen molar-refractivity contribution in [3.8, 4) is 11.5 Å². The van der Waals surface area contributed by atoms with Crippen LogP contribution in [0.5, 0.6) is 11.5 Å². The standard InChI is InChI=1S/C27H28N2O4/c30-29-23-18-22-20-10-4-6-12-24(20)32-16-14-31-15-17-33-25-13-7-5-11-21(25)27(28-22)26(23)19-8-2-1-3-9-19/h1-13,22,26-28,30H,14-18H2. The van der Waals surface area contributed by atoms with Gasteiger partial charge >= 0.3 is 0 Å². The van der Waals surface area contributed by atoms with Crippen LogP contribution in [0.2, 0.25) is 0 Å². The summed E-state index contributed by atoms with van der Waals surface area (Å²) >= 11 is 0. The second-order valence-electron chi connectivity index (χ2n) is 8.27. The molecule has 0 aliphatic carbocycles. The molecule has 5 rings (SSSR count). The summed E-state index contributed by atoms with van der Waals surface area (Å²) in [4.78, 5) is 0. The first-order chi connectivity index (χ1) is 16.3. The Labute approximate surface area is 193 Å². The predicted octanol–water partition coefficient (Wildman–Crippen LogP) is 4.86. The van der Waals surface area contributed by atoms with E-state index in [2.05, 4.69) is 34.7 Å². The van der Waals surface area contributed by atoms with Crippen molar-refractivity contribution in [2.45, 2.75) is 24.4 Å². The molecule has 3 aromatic rings. The van der Waals surface area contributed by atoms with Crippen molar-refractivity contribution in [2.75, 3.05) is 26.4 Å².